The largest absolute Gasteiger partial charge is 0.474 e. The lowest BCUT2D eigenvalue weighted by Gasteiger charge is -2.44. The quantitative estimate of drug-likeness (QED) is 0.339. The summed E-state index contributed by atoms with van der Waals surface area (Å²) in [5, 5.41) is 2.56. The molecule has 1 N–H and O–H groups in total. The highest BCUT2D eigenvalue weighted by Gasteiger charge is 2.52. The molecule has 0 aromatic rings. The fraction of sp³-hybridized carbons (Fsp3) is 0.688. The molecule has 1 saturated heterocycles. The molecule has 28 heavy (non-hydrogen) atoms. The summed E-state index contributed by atoms with van der Waals surface area (Å²) in [6.45, 7) is 4.27. The number of hydrogen-bond donors (Lipinski definition) is 1. The van der Waals surface area contributed by atoms with Gasteiger partial charge in [-0.1, -0.05) is 0 Å². The van der Waals surface area contributed by atoms with Crippen LogP contribution in [0, 0.1) is 0 Å². The van der Waals surface area contributed by atoms with E-state index in [1.54, 1.807) is 0 Å². The van der Waals surface area contributed by atoms with Gasteiger partial charge in [-0.05, 0) is 12.2 Å². The maximum atomic E-state index is 11.6. The Kier molecular flexibility index (Phi) is 9.06. The fourth-order valence-electron chi connectivity index (χ4n) is 2.52. The van der Waals surface area contributed by atoms with E-state index in [4.69, 9.17) is 40.6 Å². The molecule has 11 nitrogen and oxygen atoms in total. The van der Waals surface area contributed by atoms with E-state index in [-0.39, 0.29) is 11.8 Å². The van der Waals surface area contributed by atoms with Crippen molar-refractivity contribution in [3.63, 3.8) is 0 Å². The van der Waals surface area contributed by atoms with Crippen LogP contribution in [-0.4, -0.2) is 73.4 Å². The van der Waals surface area contributed by atoms with E-state index < -0.39 is 54.5 Å². The zero-order valence-electron chi connectivity index (χ0n) is 16.1. The van der Waals surface area contributed by atoms with E-state index in [0.29, 0.717) is 0 Å². The number of nitrogens with one attached hydrogen (secondary N) is 1. The van der Waals surface area contributed by atoms with Crippen molar-refractivity contribution in [2.45, 2.75) is 58.3 Å². The van der Waals surface area contributed by atoms with Crippen molar-refractivity contribution in [2.75, 3.05) is 13.7 Å². The highest BCUT2D eigenvalue weighted by atomic mass is 32.1. The number of rotatable bonds is 6. The van der Waals surface area contributed by atoms with Crippen LogP contribution in [0.25, 0.3) is 0 Å². The Morgan fingerprint density at radius 1 is 0.857 bits per heavy atom. The Bertz CT molecular complexity index is 625. The van der Waals surface area contributed by atoms with Crippen molar-refractivity contribution in [3.8, 4) is 0 Å². The van der Waals surface area contributed by atoms with Gasteiger partial charge in [-0.3, -0.25) is 19.2 Å². The summed E-state index contributed by atoms with van der Waals surface area (Å²) in [4.78, 5) is 46.0. The van der Waals surface area contributed by atoms with Crippen molar-refractivity contribution in [1.82, 2.24) is 5.32 Å². The van der Waals surface area contributed by atoms with Gasteiger partial charge in [0.2, 0.25) is 0 Å². The second-order valence-corrected chi connectivity index (χ2v) is 6.13. The van der Waals surface area contributed by atoms with E-state index in [1.165, 1.54) is 14.0 Å². The van der Waals surface area contributed by atoms with Crippen molar-refractivity contribution >= 4 is 41.3 Å². The molecular weight excluding hydrogens is 398 g/mol. The molecule has 1 fully saturated rings. The van der Waals surface area contributed by atoms with E-state index in [0.717, 1.165) is 20.8 Å². The van der Waals surface area contributed by atoms with Gasteiger partial charge in [-0.25, -0.2) is 0 Å². The summed E-state index contributed by atoms with van der Waals surface area (Å²) in [5.41, 5.74) is 0. The number of methoxy groups -OCH3 is 1. The van der Waals surface area contributed by atoms with Gasteiger partial charge in [0.05, 0.1) is 7.11 Å². The first-order valence-electron chi connectivity index (χ1n) is 8.20. The molecule has 5 atom stereocenters. The minimum Gasteiger partial charge on any atom is -0.474 e. The van der Waals surface area contributed by atoms with Crippen molar-refractivity contribution in [3.05, 3.63) is 0 Å². The number of esters is 4. The van der Waals surface area contributed by atoms with E-state index >= 15 is 0 Å². The topological polar surface area (TPSA) is 136 Å². The van der Waals surface area contributed by atoms with Gasteiger partial charge in [-0.15, -0.1) is 0 Å². The molecule has 0 aliphatic carbocycles. The van der Waals surface area contributed by atoms with Gasteiger partial charge in [0, 0.05) is 27.7 Å². The minimum atomic E-state index is -1.27. The third-order valence-electron chi connectivity index (χ3n) is 3.44. The van der Waals surface area contributed by atoms with Gasteiger partial charge < -0.3 is 33.7 Å². The highest BCUT2D eigenvalue weighted by Crippen LogP contribution is 2.28. The molecule has 0 saturated carbocycles. The Balaban J connectivity index is 3.30. The molecule has 0 unspecified atom stereocenters. The van der Waals surface area contributed by atoms with E-state index in [9.17, 15) is 19.2 Å². The van der Waals surface area contributed by atoms with Crippen molar-refractivity contribution in [1.29, 1.82) is 0 Å². The van der Waals surface area contributed by atoms with Crippen LogP contribution in [0.15, 0.2) is 0 Å². The Hall–Kier alpha value is -2.47. The summed E-state index contributed by atoms with van der Waals surface area (Å²) in [5.74, 6) is -2.74. The van der Waals surface area contributed by atoms with Gasteiger partial charge in [0.25, 0.3) is 5.17 Å². The zero-order chi connectivity index (χ0) is 21.4. The zero-order valence-corrected chi connectivity index (χ0v) is 16.9. The maximum absolute atomic E-state index is 11.6. The molecule has 1 aliphatic heterocycles. The summed E-state index contributed by atoms with van der Waals surface area (Å²) in [7, 11) is 1.31. The normalized spacial score (nSPS) is 26.4. The van der Waals surface area contributed by atoms with Gasteiger partial charge in [-0.2, -0.15) is 0 Å². The molecule has 0 spiro atoms. The van der Waals surface area contributed by atoms with E-state index in [2.05, 4.69) is 5.32 Å². The lowest BCUT2D eigenvalue weighted by molar-refractivity contribution is -0.255. The fourth-order valence-corrected chi connectivity index (χ4v) is 2.64. The Morgan fingerprint density at radius 2 is 1.36 bits per heavy atom. The van der Waals surface area contributed by atoms with E-state index in [1.807, 2.05) is 0 Å². The lowest BCUT2D eigenvalue weighted by Crippen LogP contribution is -2.66. The van der Waals surface area contributed by atoms with Gasteiger partial charge in [0.15, 0.2) is 24.5 Å². The van der Waals surface area contributed by atoms with Crippen LogP contribution in [-0.2, 0) is 47.6 Å². The minimum absolute atomic E-state index is 0.0964. The van der Waals surface area contributed by atoms with Crippen molar-refractivity contribution < 1.29 is 47.6 Å². The average Bonchev–Trinajstić information content (AvgIpc) is 2.57. The monoisotopic (exact) mass is 421 g/mol. The molecule has 1 heterocycles. The number of ether oxygens (including phenoxy) is 6. The Morgan fingerprint density at radius 3 is 1.82 bits per heavy atom. The number of carbonyl (C=O) groups is 4. The first-order chi connectivity index (χ1) is 13.0. The van der Waals surface area contributed by atoms with Gasteiger partial charge >= 0.3 is 23.9 Å². The predicted octanol–water partition coefficient (Wildman–Crippen LogP) is -0.410. The van der Waals surface area contributed by atoms with Crippen LogP contribution in [0.1, 0.15) is 27.7 Å². The molecule has 1 rings (SSSR count). The first kappa shape index (κ1) is 23.6. The number of thiocarbonyl (C=S) groups is 1. The smallest absolute Gasteiger partial charge is 0.303 e. The molecule has 12 heteroatoms. The highest BCUT2D eigenvalue weighted by molar-refractivity contribution is 7.80. The third kappa shape index (κ3) is 7.27. The molecule has 1 aliphatic rings. The molecule has 0 aromatic heterocycles. The SMILES string of the molecule is COC(=S)N[C@@H]1O[C@H](COC(C)=O)[C@@H](OC(C)=O)[C@H](OC(C)=O)[C@H]1OC(C)=O. The second kappa shape index (κ2) is 10.8. The van der Waals surface area contributed by atoms with Crippen LogP contribution in [0.5, 0.6) is 0 Å². The molecule has 0 radical (unpaired) electrons. The molecule has 158 valence electrons. The summed E-state index contributed by atoms with van der Waals surface area (Å²) >= 11 is 4.94. The van der Waals surface area contributed by atoms with Crippen LogP contribution < -0.4 is 5.32 Å². The predicted molar refractivity (Wildman–Crippen MR) is 94.7 cm³/mol. The van der Waals surface area contributed by atoms with Crippen LogP contribution in [0.4, 0.5) is 0 Å². The number of carbonyl (C=O) groups excluding carboxylic acids is 4. The average molecular weight is 421 g/mol. The maximum Gasteiger partial charge on any atom is 0.303 e. The first-order valence-corrected chi connectivity index (χ1v) is 8.61. The standard InChI is InChI=1S/C16H23NO10S/c1-7(18)23-6-11-12(24-8(2)19)13(25-9(3)20)14(26-10(4)21)15(27-11)17-16(28)22-5/h11-15H,6H2,1-5H3,(H,17,28)/t11-,12-,13+,14-,15-/m1/s1. The Labute approximate surface area is 166 Å². The van der Waals surface area contributed by atoms with Gasteiger partial charge in [0.1, 0.15) is 12.7 Å². The van der Waals surface area contributed by atoms with Crippen LogP contribution in [0.3, 0.4) is 0 Å². The molecule has 0 aromatic carbocycles. The molecular formula is C16H23NO10S. The van der Waals surface area contributed by atoms with Crippen LogP contribution in [0.2, 0.25) is 0 Å². The van der Waals surface area contributed by atoms with Crippen LogP contribution >= 0.6 is 12.2 Å². The molecule has 0 amide bonds. The summed E-state index contributed by atoms with van der Waals surface area (Å²) < 4.78 is 31.3. The summed E-state index contributed by atoms with van der Waals surface area (Å²) in [6, 6.07) is 0. The number of hydrogen-bond acceptors (Lipinski definition) is 11. The second-order valence-electron chi connectivity index (χ2n) is 5.76. The van der Waals surface area contributed by atoms with Crippen molar-refractivity contribution in [2.24, 2.45) is 0 Å². The lowest BCUT2D eigenvalue weighted by atomic mass is 9.97. The third-order valence-corrected chi connectivity index (χ3v) is 3.72. The molecule has 0 bridgehead atoms. The summed E-state index contributed by atoms with van der Waals surface area (Å²) in [6.07, 6.45) is -5.93.